The molecule has 0 saturated carbocycles. The topological polar surface area (TPSA) is 145 Å². The zero-order valence-electron chi connectivity index (χ0n) is 27.1. The van der Waals surface area contributed by atoms with Crippen LogP contribution in [0.15, 0.2) is 36.8 Å². The number of nitrogens with one attached hydrogen (secondary N) is 1. The summed E-state index contributed by atoms with van der Waals surface area (Å²) in [5.74, 6) is 1.46. The van der Waals surface area contributed by atoms with Gasteiger partial charge in [0.25, 0.3) is 0 Å². The molecule has 2 amide bonds. The molecule has 3 fully saturated rings. The molecule has 3 aliphatic heterocycles. The maximum atomic E-state index is 13.7. The average Bonchev–Trinajstić information content (AvgIpc) is 3.37. The number of amides is 2. The smallest absolute Gasteiger partial charge is 0.408 e. The summed E-state index contributed by atoms with van der Waals surface area (Å²) in [5, 5.41) is 27.0. The monoisotopic (exact) mass is 617 g/mol. The molecule has 3 aromatic rings. The second kappa shape index (κ2) is 12.2. The predicted molar refractivity (Wildman–Crippen MR) is 169 cm³/mol. The van der Waals surface area contributed by atoms with E-state index in [4.69, 9.17) is 14.5 Å². The first kappa shape index (κ1) is 32.0. The summed E-state index contributed by atoms with van der Waals surface area (Å²) in [5.41, 5.74) is 0.941. The van der Waals surface area contributed by atoms with Crippen molar-refractivity contribution in [2.24, 2.45) is 5.92 Å². The predicted octanol–water partition coefficient (Wildman–Crippen LogP) is 4.15. The van der Waals surface area contributed by atoms with Crippen molar-refractivity contribution in [3.8, 4) is 22.9 Å². The molecule has 12 nitrogen and oxygen atoms in total. The van der Waals surface area contributed by atoms with Gasteiger partial charge in [-0.2, -0.15) is 10.4 Å². The zero-order valence-corrected chi connectivity index (χ0v) is 27.1. The first-order chi connectivity index (χ1) is 21.1. The lowest BCUT2D eigenvalue weighted by Gasteiger charge is -2.57. The number of pyridine rings is 2. The Morgan fingerprint density at radius 3 is 2.44 bits per heavy atom. The highest BCUT2D eigenvalue weighted by Gasteiger charge is 2.49. The number of rotatable bonds is 9. The van der Waals surface area contributed by atoms with Crippen molar-refractivity contribution in [3.63, 3.8) is 0 Å². The van der Waals surface area contributed by atoms with Crippen molar-refractivity contribution in [3.05, 3.63) is 42.4 Å². The van der Waals surface area contributed by atoms with E-state index in [-0.39, 0.29) is 30.5 Å². The molecule has 6 rings (SSSR count). The Labute approximate surface area is 263 Å². The number of anilines is 1. The third-order valence-electron chi connectivity index (χ3n) is 7.83. The van der Waals surface area contributed by atoms with Gasteiger partial charge in [-0.1, -0.05) is 13.8 Å². The van der Waals surface area contributed by atoms with Gasteiger partial charge in [-0.05, 0) is 71.6 Å². The first-order valence-electron chi connectivity index (χ1n) is 15.4. The van der Waals surface area contributed by atoms with E-state index in [9.17, 15) is 20.0 Å². The van der Waals surface area contributed by atoms with Gasteiger partial charge in [-0.3, -0.25) is 4.79 Å². The third kappa shape index (κ3) is 7.31. The van der Waals surface area contributed by atoms with Crippen LogP contribution in [0, 0.1) is 17.2 Å². The molecule has 45 heavy (non-hydrogen) atoms. The van der Waals surface area contributed by atoms with Gasteiger partial charge >= 0.3 is 6.09 Å². The molecule has 0 aliphatic carbocycles. The van der Waals surface area contributed by atoms with E-state index in [1.54, 1.807) is 51.5 Å². The van der Waals surface area contributed by atoms with Crippen LogP contribution >= 0.6 is 0 Å². The fraction of sp³-hybridized carbons (Fsp3) is 0.545. The molecule has 3 saturated heterocycles. The molecule has 3 aromatic heterocycles. The summed E-state index contributed by atoms with van der Waals surface area (Å²) in [7, 11) is 0. The fourth-order valence-corrected chi connectivity index (χ4v) is 5.95. The molecule has 240 valence electrons. The number of hydrogen-bond donors (Lipinski definition) is 2. The summed E-state index contributed by atoms with van der Waals surface area (Å²) in [6.45, 7) is 14.2. The number of aliphatic hydroxyl groups is 1. The van der Waals surface area contributed by atoms with Crippen LogP contribution in [-0.4, -0.2) is 85.6 Å². The minimum atomic E-state index is -1.01. The van der Waals surface area contributed by atoms with E-state index in [0.717, 1.165) is 23.4 Å². The van der Waals surface area contributed by atoms with Crippen LogP contribution < -0.4 is 15.0 Å². The fourth-order valence-electron chi connectivity index (χ4n) is 5.95. The number of piperazine rings is 1. The molecule has 0 spiro atoms. The number of fused-ring (bicyclic) bond motifs is 3. The van der Waals surface area contributed by atoms with E-state index in [1.807, 2.05) is 36.9 Å². The highest BCUT2D eigenvalue weighted by atomic mass is 16.6. The summed E-state index contributed by atoms with van der Waals surface area (Å²) in [4.78, 5) is 35.1. The summed E-state index contributed by atoms with van der Waals surface area (Å²) >= 11 is 0. The molecule has 6 heterocycles. The molecule has 2 N–H and O–H groups in total. The van der Waals surface area contributed by atoms with Gasteiger partial charge < -0.3 is 29.7 Å². The second-order valence-corrected chi connectivity index (χ2v) is 14.1. The largest absolute Gasteiger partial charge is 0.489 e. The average molecular weight is 618 g/mol. The number of aromatic nitrogens is 3. The Morgan fingerprint density at radius 1 is 1.16 bits per heavy atom. The van der Waals surface area contributed by atoms with Crippen molar-refractivity contribution in [1.82, 2.24) is 24.8 Å². The van der Waals surface area contributed by atoms with Gasteiger partial charge in [0, 0.05) is 30.4 Å². The summed E-state index contributed by atoms with van der Waals surface area (Å²) < 4.78 is 12.9. The Balaban J connectivity index is 1.30. The van der Waals surface area contributed by atoms with Gasteiger partial charge in [-0.25, -0.2) is 14.3 Å². The highest BCUT2D eigenvalue weighted by molar-refractivity contribution is 5.87. The number of alkyl carbamates (subject to hydrolysis) is 1. The van der Waals surface area contributed by atoms with Crippen LogP contribution in [0.3, 0.4) is 0 Å². The maximum absolute atomic E-state index is 13.7. The number of nitriles is 1. The SMILES string of the molecule is CC(C)C[C@@H](NC(=O)OC(C)(C)C)C(=O)N1C2CC1CN(c1ccc(-c3cc(OCC(C)(C)O)cn4ncc(C#N)c34)cn1)C2. The van der Waals surface area contributed by atoms with Gasteiger partial charge in [-0.15, -0.1) is 0 Å². The van der Waals surface area contributed by atoms with Gasteiger partial charge in [0.05, 0.1) is 41.2 Å². The third-order valence-corrected chi connectivity index (χ3v) is 7.83. The number of hydrogen-bond acceptors (Lipinski definition) is 9. The maximum Gasteiger partial charge on any atom is 0.408 e. The molecule has 3 aliphatic rings. The van der Waals surface area contributed by atoms with E-state index >= 15 is 0 Å². The second-order valence-electron chi connectivity index (χ2n) is 14.1. The van der Waals surface area contributed by atoms with Gasteiger partial charge in [0.2, 0.25) is 5.91 Å². The summed E-state index contributed by atoms with van der Waals surface area (Å²) in [6.07, 6.45) is 5.84. The molecule has 2 unspecified atom stereocenters. The van der Waals surface area contributed by atoms with Crippen LogP contribution in [-0.2, 0) is 9.53 Å². The molecule has 0 radical (unpaired) electrons. The van der Waals surface area contributed by atoms with Crippen molar-refractivity contribution in [2.75, 3.05) is 24.6 Å². The van der Waals surface area contributed by atoms with Crippen LogP contribution in [0.5, 0.6) is 5.75 Å². The molecule has 3 atom stereocenters. The highest BCUT2D eigenvalue weighted by Crippen LogP contribution is 2.36. The lowest BCUT2D eigenvalue weighted by atomic mass is 9.85. The van der Waals surface area contributed by atoms with Crippen molar-refractivity contribution in [1.29, 1.82) is 5.26 Å². The number of piperidine rings is 1. The van der Waals surface area contributed by atoms with Crippen molar-refractivity contribution in [2.45, 2.75) is 90.6 Å². The van der Waals surface area contributed by atoms with Crippen LogP contribution in [0.25, 0.3) is 16.6 Å². The Hall–Kier alpha value is -4.37. The molecular formula is C33H43N7O5. The Morgan fingerprint density at radius 2 is 1.87 bits per heavy atom. The summed E-state index contributed by atoms with van der Waals surface area (Å²) in [6, 6.07) is 7.36. The van der Waals surface area contributed by atoms with E-state index in [2.05, 4.69) is 21.4 Å². The minimum absolute atomic E-state index is 0.0297. The number of ether oxygens (including phenoxy) is 2. The van der Waals surface area contributed by atoms with Gasteiger partial charge in [0.15, 0.2) is 0 Å². The van der Waals surface area contributed by atoms with Crippen molar-refractivity contribution < 1.29 is 24.2 Å². The molecule has 0 aromatic carbocycles. The molecule has 2 bridgehead atoms. The van der Waals surface area contributed by atoms with Crippen molar-refractivity contribution >= 4 is 23.3 Å². The first-order valence-corrected chi connectivity index (χ1v) is 15.4. The van der Waals surface area contributed by atoms with E-state index < -0.39 is 23.3 Å². The standard InChI is InChI=1S/C33H43N7O5/c1-20(2)10-27(37-31(42)45-32(3,4)5)30(41)40-23-11-24(40)17-38(16-23)28-9-8-21(14-35-28)26-12-25(44-19-33(6,7)43)18-39-29(26)22(13-34)15-36-39/h8-9,12,14-15,18,20,23-24,27,43H,10-11,16-17,19H2,1-7H3,(H,37,42)/t23?,24?,27-/m1/s1. The zero-order chi connectivity index (χ0) is 32.7. The van der Waals surface area contributed by atoms with Crippen LogP contribution in [0.4, 0.5) is 10.6 Å². The van der Waals surface area contributed by atoms with Crippen LogP contribution in [0.1, 0.15) is 66.9 Å². The Kier molecular flexibility index (Phi) is 8.68. The minimum Gasteiger partial charge on any atom is -0.489 e. The number of carbonyl (C=O) groups excluding carboxylic acids is 2. The Bertz CT molecular complexity index is 1580. The molecule has 12 heteroatoms. The lowest BCUT2D eigenvalue weighted by Crippen LogP contribution is -2.72. The van der Waals surface area contributed by atoms with Gasteiger partial charge in [0.1, 0.15) is 35.9 Å². The molecular weight excluding hydrogens is 574 g/mol. The lowest BCUT2D eigenvalue weighted by molar-refractivity contribution is -0.149. The van der Waals surface area contributed by atoms with E-state index in [0.29, 0.717) is 36.3 Å². The quantitative estimate of drug-likeness (QED) is 0.362. The number of nitrogens with zero attached hydrogens (tertiary/aromatic N) is 6. The van der Waals surface area contributed by atoms with E-state index in [1.165, 1.54) is 6.20 Å². The normalized spacial score (nSPS) is 18.8. The van der Waals surface area contributed by atoms with Crippen LogP contribution in [0.2, 0.25) is 0 Å². The number of carbonyl (C=O) groups is 2.